The van der Waals surface area contributed by atoms with Gasteiger partial charge in [-0.1, -0.05) is 19.4 Å². The predicted molar refractivity (Wildman–Crippen MR) is 55.5 cm³/mol. The lowest BCUT2D eigenvalue weighted by molar-refractivity contribution is 0.248. The molecular formula is C11H18N2. The van der Waals surface area contributed by atoms with E-state index in [0.717, 1.165) is 0 Å². The van der Waals surface area contributed by atoms with Crippen LogP contribution in [0.15, 0.2) is 17.4 Å². The second-order valence-corrected chi connectivity index (χ2v) is 4.25. The van der Waals surface area contributed by atoms with E-state index in [2.05, 4.69) is 18.6 Å². The van der Waals surface area contributed by atoms with Crippen LogP contribution in [0, 0.1) is 11.8 Å². The normalized spacial score (nSPS) is 34.2. The van der Waals surface area contributed by atoms with Crippen molar-refractivity contribution in [1.29, 1.82) is 0 Å². The molecule has 1 saturated carbocycles. The van der Waals surface area contributed by atoms with Crippen molar-refractivity contribution in [2.75, 3.05) is 7.05 Å². The monoisotopic (exact) mass is 178 g/mol. The minimum absolute atomic E-state index is 0.677. The molecule has 0 radical (unpaired) electrons. The Morgan fingerprint density at radius 2 is 1.92 bits per heavy atom. The lowest BCUT2D eigenvalue weighted by Crippen LogP contribution is -2.36. The first-order chi connectivity index (χ1) is 6.20. The smallest absolute Gasteiger partial charge is 0.0391 e. The summed E-state index contributed by atoms with van der Waals surface area (Å²) in [5.41, 5.74) is 2.52. The summed E-state index contributed by atoms with van der Waals surface area (Å²) in [7, 11) is 2.01. The molecule has 1 fully saturated rings. The molecular weight excluding hydrogens is 160 g/mol. The largest absolute Gasteiger partial charge is 0.273 e. The highest BCUT2D eigenvalue weighted by atomic mass is 15.5. The molecule has 0 bridgehead atoms. The minimum atomic E-state index is 0.677. The Morgan fingerprint density at radius 3 is 2.62 bits per heavy atom. The van der Waals surface area contributed by atoms with E-state index in [-0.39, 0.29) is 0 Å². The van der Waals surface area contributed by atoms with Crippen LogP contribution >= 0.6 is 0 Å². The first kappa shape index (κ1) is 8.79. The van der Waals surface area contributed by atoms with E-state index >= 15 is 0 Å². The summed E-state index contributed by atoms with van der Waals surface area (Å²) in [4.78, 5) is 0. The summed E-state index contributed by atoms with van der Waals surface area (Å²) in [5, 5.41) is 6.46. The molecule has 0 amide bonds. The Balaban J connectivity index is 2.27. The third-order valence-corrected chi connectivity index (χ3v) is 3.45. The van der Waals surface area contributed by atoms with Gasteiger partial charge in [-0.05, 0) is 19.8 Å². The molecule has 0 spiro atoms. The van der Waals surface area contributed by atoms with Crippen LogP contribution in [-0.4, -0.2) is 17.8 Å². The van der Waals surface area contributed by atoms with Gasteiger partial charge in [0, 0.05) is 30.3 Å². The molecule has 72 valence electrons. The molecule has 0 N–H and O–H groups in total. The summed E-state index contributed by atoms with van der Waals surface area (Å²) < 4.78 is 0. The van der Waals surface area contributed by atoms with Crippen LogP contribution in [0.1, 0.15) is 32.6 Å². The average Bonchev–Trinajstić information content (AvgIpc) is 2.15. The molecule has 2 heteroatoms. The van der Waals surface area contributed by atoms with E-state index in [0.29, 0.717) is 11.8 Å². The van der Waals surface area contributed by atoms with Gasteiger partial charge in [0.05, 0.1) is 0 Å². The summed E-state index contributed by atoms with van der Waals surface area (Å²) in [6, 6.07) is 0. The summed E-state index contributed by atoms with van der Waals surface area (Å²) >= 11 is 0. The predicted octanol–water partition coefficient (Wildman–Crippen LogP) is 2.63. The number of allylic oxidation sites excluding steroid dienone is 1. The zero-order valence-electron chi connectivity index (χ0n) is 8.58. The highest BCUT2D eigenvalue weighted by Gasteiger charge is 2.33. The lowest BCUT2D eigenvalue weighted by Gasteiger charge is -2.39. The maximum atomic E-state index is 4.50. The highest BCUT2D eigenvalue weighted by molar-refractivity contribution is 5.85. The Bertz CT molecular complexity index is 255. The zero-order valence-corrected chi connectivity index (χ0v) is 8.58. The van der Waals surface area contributed by atoms with Gasteiger partial charge in [0.1, 0.15) is 0 Å². The highest BCUT2D eigenvalue weighted by Crippen LogP contribution is 2.39. The second-order valence-electron chi connectivity index (χ2n) is 4.25. The molecule has 13 heavy (non-hydrogen) atoms. The van der Waals surface area contributed by atoms with Crippen molar-refractivity contribution >= 4 is 5.71 Å². The summed E-state index contributed by atoms with van der Waals surface area (Å²) in [5.74, 6) is 1.37. The fourth-order valence-corrected chi connectivity index (χ4v) is 2.64. The molecule has 1 heterocycles. The Hall–Kier alpha value is -0.790. The molecule has 2 unspecified atom stereocenters. The van der Waals surface area contributed by atoms with E-state index < -0.39 is 0 Å². The third-order valence-electron chi connectivity index (χ3n) is 3.45. The van der Waals surface area contributed by atoms with Gasteiger partial charge in [-0.2, -0.15) is 5.10 Å². The molecule has 0 aromatic rings. The molecule has 1 aliphatic heterocycles. The quantitative estimate of drug-likeness (QED) is 0.556. The van der Waals surface area contributed by atoms with E-state index in [9.17, 15) is 0 Å². The van der Waals surface area contributed by atoms with Crippen LogP contribution < -0.4 is 0 Å². The SMILES string of the molecule is C=C1C2CCCCC2C(C)=NN1C. The van der Waals surface area contributed by atoms with Crippen LogP contribution in [0.4, 0.5) is 0 Å². The lowest BCUT2D eigenvalue weighted by atomic mass is 9.74. The van der Waals surface area contributed by atoms with E-state index in [1.165, 1.54) is 37.1 Å². The zero-order chi connectivity index (χ0) is 9.42. The van der Waals surface area contributed by atoms with E-state index in [1.54, 1.807) is 0 Å². The Labute approximate surface area is 80.3 Å². The maximum absolute atomic E-state index is 4.50. The van der Waals surface area contributed by atoms with Gasteiger partial charge < -0.3 is 0 Å². The number of hydrogen-bond acceptors (Lipinski definition) is 2. The number of fused-ring (bicyclic) bond motifs is 1. The molecule has 0 aromatic carbocycles. The number of nitrogens with zero attached hydrogens (tertiary/aromatic N) is 2. The topological polar surface area (TPSA) is 15.6 Å². The minimum Gasteiger partial charge on any atom is -0.273 e. The Kier molecular flexibility index (Phi) is 2.14. The Morgan fingerprint density at radius 1 is 1.31 bits per heavy atom. The first-order valence-electron chi connectivity index (χ1n) is 5.18. The van der Waals surface area contributed by atoms with Crippen molar-refractivity contribution in [3.8, 4) is 0 Å². The van der Waals surface area contributed by atoms with Gasteiger partial charge in [0.25, 0.3) is 0 Å². The summed E-state index contributed by atoms with van der Waals surface area (Å²) in [6.45, 7) is 6.29. The molecule has 2 nitrogen and oxygen atoms in total. The van der Waals surface area contributed by atoms with Gasteiger partial charge >= 0.3 is 0 Å². The van der Waals surface area contributed by atoms with Crippen molar-refractivity contribution < 1.29 is 0 Å². The molecule has 0 saturated heterocycles. The van der Waals surface area contributed by atoms with Crippen molar-refractivity contribution in [2.45, 2.75) is 32.6 Å². The van der Waals surface area contributed by atoms with Crippen LogP contribution in [0.25, 0.3) is 0 Å². The first-order valence-corrected chi connectivity index (χ1v) is 5.18. The van der Waals surface area contributed by atoms with E-state index in [4.69, 9.17) is 0 Å². The van der Waals surface area contributed by atoms with Crippen LogP contribution in [0.3, 0.4) is 0 Å². The van der Waals surface area contributed by atoms with Gasteiger partial charge in [-0.15, -0.1) is 0 Å². The number of hydrazone groups is 1. The second kappa shape index (κ2) is 3.17. The van der Waals surface area contributed by atoms with Gasteiger partial charge in [0.2, 0.25) is 0 Å². The molecule has 1 aliphatic carbocycles. The molecule has 2 atom stereocenters. The van der Waals surface area contributed by atoms with E-state index in [1.807, 2.05) is 12.1 Å². The standard InChI is InChI=1S/C11H18N2/c1-8-10-6-4-5-7-11(10)9(2)13(3)12-8/h10-11H,2,4-7H2,1,3H3. The number of hydrogen-bond donors (Lipinski definition) is 0. The summed E-state index contributed by atoms with van der Waals surface area (Å²) in [6.07, 6.45) is 5.35. The van der Waals surface area contributed by atoms with Gasteiger partial charge in [-0.25, -0.2) is 0 Å². The van der Waals surface area contributed by atoms with Crippen molar-refractivity contribution in [2.24, 2.45) is 16.9 Å². The maximum Gasteiger partial charge on any atom is 0.0391 e. The van der Waals surface area contributed by atoms with Crippen molar-refractivity contribution in [1.82, 2.24) is 5.01 Å². The fourth-order valence-electron chi connectivity index (χ4n) is 2.64. The van der Waals surface area contributed by atoms with Crippen molar-refractivity contribution in [3.05, 3.63) is 12.3 Å². The van der Waals surface area contributed by atoms with Crippen LogP contribution in [0.2, 0.25) is 0 Å². The molecule has 2 rings (SSSR count). The van der Waals surface area contributed by atoms with Crippen molar-refractivity contribution in [3.63, 3.8) is 0 Å². The fraction of sp³-hybridized carbons (Fsp3) is 0.727. The number of rotatable bonds is 0. The third kappa shape index (κ3) is 1.38. The van der Waals surface area contributed by atoms with Gasteiger partial charge in [-0.3, -0.25) is 5.01 Å². The molecule has 0 aromatic heterocycles. The molecule has 2 aliphatic rings. The van der Waals surface area contributed by atoms with Crippen LogP contribution in [-0.2, 0) is 0 Å². The average molecular weight is 178 g/mol. The van der Waals surface area contributed by atoms with Crippen LogP contribution in [0.5, 0.6) is 0 Å². The van der Waals surface area contributed by atoms with Gasteiger partial charge in [0.15, 0.2) is 0 Å².